The second kappa shape index (κ2) is 3.55. The van der Waals surface area contributed by atoms with Gasteiger partial charge in [-0.25, -0.2) is 13.6 Å². The third-order valence-corrected chi connectivity index (χ3v) is 3.28. The summed E-state index contributed by atoms with van der Waals surface area (Å²) in [6, 6.07) is -0.421. The van der Waals surface area contributed by atoms with Gasteiger partial charge in [0.05, 0.1) is 12.0 Å². The molecule has 0 radical (unpaired) electrons. The van der Waals surface area contributed by atoms with Crippen LogP contribution in [0, 0.1) is 5.41 Å². The highest BCUT2D eigenvalue weighted by atomic mass is 19.3. The number of halogens is 2. The molecule has 92 valence electrons. The fourth-order valence-corrected chi connectivity index (χ4v) is 2.22. The van der Waals surface area contributed by atoms with Crippen molar-refractivity contribution in [3.05, 3.63) is 0 Å². The lowest BCUT2D eigenvalue weighted by molar-refractivity contribution is -0.108. The summed E-state index contributed by atoms with van der Waals surface area (Å²) in [6.45, 7) is 3.90. The molecule has 0 aromatic heterocycles. The maximum atomic E-state index is 13.7. The van der Waals surface area contributed by atoms with E-state index in [4.69, 9.17) is 0 Å². The first kappa shape index (κ1) is 11.6. The summed E-state index contributed by atoms with van der Waals surface area (Å²) in [4.78, 5) is 12.9. The van der Waals surface area contributed by atoms with Crippen molar-refractivity contribution in [1.29, 1.82) is 0 Å². The Balaban J connectivity index is 2.03. The minimum Gasteiger partial charge on any atom is -0.336 e. The lowest BCUT2D eigenvalue weighted by Crippen LogP contribution is -2.62. The molecule has 2 saturated heterocycles. The number of nitrogens with one attached hydrogen (secondary N) is 2. The van der Waals surface area contributed by atoms with Crippen LogP contribution in [0.1, 0.15) is 13.8 Å². The number of rotatable bonds is 1. The Morgan fingerprint density at radius 3 is 2.38 bits per heavy atom. The van der Waals surface area contributed by atoms with Crippen LogP contribution in [0.3, 0.4) is 0 Å². The van der Waals surface area contributed by atoms with Crippen molar-refractivity contribution in [3.8, 4) is 0 Å². The zero-order chi connectivity index (χ0) is 12.0. The van der Waals surface area contributed by atoms with Gasteiger partial charge in [0.25, 0.3) is 5.92 Å². The van der Waals surface area contributed by atoms with Crippen molar-refractivity contribution in [2.24, 2.45) is 5.41 Å². The van der Waals surface area contributed by atoms with Crippen LogP contribution in [0.15, 0.2) is 0 Å². The molecule has 0 aromatic carbocycles. The van der Waals surface area contributed by atoms with Crippen LogP contribution in [0.4, 0.5) is 13.6 Å². The summed E-state index contributed by atoms with van der Waals surface area (Å²) in [5.74, 6) is -2.77. The second-order valence-electron chi connectivity index (χ2n) is 5.05. The molecule has 4 nitrogen and oxygen atoms in total. The lowest BCUT2D eigenvalue weighted by atomic mass is 9.78. The van der Waals surface area contributed by atoms with E-state index >= 15 is 0 Å². The Hall–Kier alpha value is -0.910. The van der Waals surface area contributed by atoms with E-state index in [0.717, 1.165) is 0 Å². The number of hydrogen-bond acceptors (Lipinski definition) is 2. The third-order valence-electron chi connectivity index (χ3n) is 3.28. The van der Waals surface area contributed by atoms with Gasteiger partial charge >= 0.3 is 6.03 Å². The first-order valence-corrected chi connectivity index (χ1v) is 5.50. The van der Waals surface area contributed by atoms with Gasteiger partial charge in [-0.15, -0.1) is 0 Å². The van der Waals surface area contributed by atoms with Crippen molar-refractivity contribution in [2.45, 2.75) is 25.8 Å². The molecular formula is C10H17F2N3O. The van der Waals surface area contributed by atoms with Gasteiger partial charge in [0.1, 0.15) is 0 Å². The van der Waals surface area contributed by atoms with Crippen LogP contribution in [0.25, 0.3) is 0 Å². The fourth-order valence-electron chi connectivity index (χ4n) is 2.22. The molecule has 2 aliphatic heterocycles. The summed E-state index contributed by atoms with van der Waals surface area (Å²) in [6.07, 6.45) is 0. The Bertz CT molecular complexity index is 302. The predicted octanol–water partition coefficient (Wildman–Crippen LogP) is 0.645. The quantitative estimate of drug-likeness (QED) is 0.698. The number of urea groups is 1. The summed E-state index contributed by atoms with van der Waals surface area (Å²) < 4.78 is 27.5. The largest absolute Gasteiger partial charge is 0.336 e. The molecule has 2 heterocycles. The van der Waals surface area contributed by atoms with Gasteiger partial charge in [-0.3, -0.25) is 0 Å². The monoisotopic (exact) mass is 233 g/mol. The lowest BCUT2D eigenvalue weighted by Gasteiger charge is -2.42. The zero-order valence-corrected chi connectivity index (χ0v) is 9.52. The van der Waals surface area contributed by atoms with E-state index in [9.17, 15) is 13.6 Å². The minimum atomic E-state index is -2.77. The van der Waals surface area contributed by atoms with Crippen molar-refractivity contribution in [2.75, 3.05) is 26.2 Å². The maximum Gasteiger partial charge on any atom is 0.317 e. The molecule has 2 rings (SSSR count). The maximum absolute atomic E-state index is 13.7. The Morgan fingerprint density at radius 2 is 2.00 bits per heavy atom. The number of amides is 2. The van der Waals surface area contributed by atoms with E-state index < -0.39 is 23.9 Å². The standard InChI is InChI=1S/C10H17F2N3O/c1-7(2)14-8(16)15-5-9(3-13-4-9)10(11,12)6-15/h7,13H,3-6H2,1-2H3,(H,14,16). The highest BCUT2D eigenvalue weighted by Gasteiger charge is 2.63. The van der Waals surface area contributed by atoms with E-state index in [1.807, 2.05) is 13.8 Å². The number of nitrogens with zero attached hydrogens (tertiary/aromatic N) is 1. The number of carbonyl (C=O) groups excluding carboxylic acids is 1. The summed E-state index contributed by atoms with van der Waals surface area (Å²) >= 11 is 0. The van der Waals surface area contributed by atoms with E-state index in [1.54, 1.807) is 0 Å². The first-order chi connectivity index (χ1) is 7.36. The van der Waals surface area contributed by atoms with E-state index in [0.29, 0.717) is 13.1 Å². The van der Waals surface area contributed by atoms with Gasteiger partial charge in [-0.2, -0.15) is 0 Å². The average molecular weight is 233 g/mol. The Labute approximate surface area is 93.4 Å². The molecule has 2 amide bonds. The second-order valence-corrected chi connectivity index (χ2v) is 5.05. The van der Waals surface area contributed by atoms with Gasteiger partial charge < -0.3 is 15.5 Å². The van der Waals surface area contributed by atoms with Crippen molar-refractivity contribution in [1.82, 2.24) is 15.5 Å². The molecule has 1 spiro atoms. The van der Waals surface area contributed by atoms with Crippen molar-refractivity contribution in [3.63, 3.8) is 0 Å². The van der Waals surface area contributed by atoms with Crippen LogP contribution in [0.5, 0.6) is 0 Å². The normalized spacial score (nSPS) is 25.9. The molecule has 6 heteroatoms. The fraction of sp³-hybridized carbons (Fsp3) is 0.900. The third kappa shape index (κ3) is 1.65. The molecular weight excluding hydrogens is 216 g/mol. The molecule has 16 heavy (non-hydrogen) atoms. The van der Waals surface area contributed by atoms with Crippen molar-refractivity contribution < 1.29 is 13.6 Å². The van der Waals surface area contributed by atoms with Crippen LogP contribution in [-0.2, 0) is 0 Å². The zero-order valence-electron chi connectivity index (χ0n) is 9.52. The van der Waals surface area contributed by atoms with Crippen LogP contribution >= 0.6 is 0 Å². The van der Waals surface area contributed by atoms with Gasteiger partial charge in [0.2, 0.25) is 0 Å². The molecule has 0 atom stereocenters. The predicted molar refractivity (Wildman–Crippen MR) is 55.5 cm³/mol. The molecule has 2 aliphatic rings. The molecule has 0 saturated carbocycles. The van der Waals surface area contributed by atoms with Crippen molar-refractivity contribution >= 4 is 6.03 Å². The van der Waals surface area contributed by atoms with Gasteiger partial charge in [-0.05, 0) is 13.8 Å². The Morgan fingerprint density at radius 1 is 1.38 bits per heavy atom. The topological polar surface area (TPSA) is 44.4 Å². The first-order valence-electron chi connectivity index (χ1n) is 5.50. The molecule has 2 fully saturated rings. The van der Waals surface area contributed by atoms with Gasteiger partial charge in [-0.1, -0.05) is 0 Å². The molecule has 0 bridgehead atoms. The summed E-state index contributed by atoms with van der Waals surface area (Å²) in [7, 11) is 0. The molecule has 2 N–H and O–H groups in total. The molecule has 0 unspecified atom stereocenters. The summed E-state index contributed by atoms with van der Waals surface area (Å²) in [5.41, 5.74) is -1.03. The van der Waals surface area contributed by atoms with Gasteiger partial charge in [0.15, 0.2) is 0 Å². The molecule has 0 aromatic rings. The number of carbonyl (C=O) groups is 1. The van der Waals surface area contributed by atoms with Crippen LogP contribution < -0.4 is 10.6 Å². The number of alkyl halides is 2. The minimum absolute atomic E-state index is 0.0304. The van der Waals surface area contributed by atoms with E-state index in [2.05, 4.69) is 10.6 Å². The van der Waals surface area contributed by atoms with Gasteiger partial charge in [0, 0.05) is 25.7 Å². The molecule has 0 aliphatic carbocycles. The average Bonchev–Trinajstić information content (AvgIpc) is 2.35. The van der Waals surface area contributed by atoms with E-state index in [1.165, 1.54) is 4.90 Å². The highest BCUT2D eigenvalue weighted by Crippen LogP contribution is 2.46. The van der Waals surface area contributed by atoms with Crippen LogP contribution in [-0.4, -0.2) is 49.1 Å². The smallest absolute Gasteiger partial charge is 0.317 e. The number of hydrogen-bond donors (Lipinski definition) is 2. The van der Waals surface area contributed by atoms with Crippen LogP contribution in [0.2, 0.25) is 0 Å². The summed E-state index contributed by atoms with van der Waals surface area (Å²) in [5, 5.41) is 5.50. The SMILES string of the molecule is CC(C)NC(=O)N1CC(F)(F)C2(CNC2)C1. The Kier molecular flexibility index (Phi) is 2.57. The van der Waals surface area contributed by atoms with E-state index in [-0.39, 0.29) is 12.6 Å². The number of likely N-dealkylation sites (tertiary alicyclic amines) is 1. The highest BCUT2D eigenvalue weighted by molar-refractivity contribution is 5.75.